The maximum absolute atomic E-state index is 13.7. The molecule has 5 aliphatic rings. The Morgan fingerprint density at radius 2 is 1.41 bits per heavy atom. The zero-order valence-electron chi connectivity index (χ0n) is 22.7. The zero-order chi connectivity index (χ0) is 28.1. The van der Waals surface area contributed by atoms with Crippen LogP contribution >= 0.6 is 0 Å². The molecule has 0 radical (unpaired) electrons. The molecule has 11 nitrogen and oxygen atoms in total. The minimum atomic E-state index is -3.85. The number of benzene rings is 1. The summed E-state index contributed by atoms with van der Waals surface area (Å²) < 4.78 is 60.3. The summed E-state index contributed by atoms with van der Waals surface area (Å²) in [5.41, 5.74) is 0.424. The Labute approximate surface area is 239 Å². The van der Waals surface area contributed by atoms with Crippen molar-refractivity contribution >= 4 is 27.4 Å². The highest BCUT2D eigenvalue weighted by molar-refractivity contribution is 7.92. The first-order valence-corrected chi connectivity index (χ1v) is 16.0. The van der Waals surface area contributed by atoms with Crippen LogP contribution in [0.5, 0.6) is 0 Å². The number of hydrogen-bond acceptors (Lipinski definition) is 9. The molecule has 1 amide bonds. The number of fused-ring (bicyclic) bond motifs is 3. The highest BCUT2D eigenvalue weighted by Crippen LogP contribution is 2.51. The second-order valence-corrected chi connectivity index (χ2v) is 13.2. The highest BCUT2D eigenvalue weighted by Gasteiger charge is 2.65. The lowest BCUT2D eigenvalue weighted by Crippen LogP contribution is -2.58. The second kappa shape index (κ2) is 10.6. The van der Waals surface area contributed by atoms with Gasteiger partial charge in [0.1, 0.15) is 24.1 Å². The first-order valence-electron chi connectivity index (χ1n) is 14.6. The minimum Gasteiger partial charge on any atom is -0.341 e. The number of pyridine rings is 1. The van der Waals surface area contributed by atoms with Crippen LogP contribution in [0.3, 0.4) is 0 Å². The van der Waals surface area contributed by atoms with Gasteiger partial charge in [-0.2, -0.15) is 0 Å². The number of rotatable bonds is 5. The average molecular weight is 586 g/mol. The standard InChI is InChI=1S/C29H35N3O8S/c33-26(31-19-10-12-20(13-11-19)41(34,35)32-21-9-3-8-18-30-21)24-22-23(38-28(37-22)14-4-1-5-15-28)25-27(36-24)40-29(39-25)16-6-2-7-17-29/h3,8-13,18,22-25,27H,1-2,4-7,14-17H2,(H,30,32)(H,31,33)/t22-,23+,24-,25-,27-/m1/s1. The number of nitrogens with one attached hydrogen (secondary N) is 2. The lowest BCUT2D eigenvalue weighted by Gasteiger charge is -2.36. The molecule has 5 atom stereocenters. The highest BCUT2D eigenvalue weighted by atomic mass is 32.2. The Bertz CT molecular complexity index is 1360. The summed E-state index contributed by atoms with van der Waals surface area (Å²) in [5, 5.41) is 2.87. The zero-order valence-corrected chi connectivity index (χ0v) is 23.5. The normalized spacial score (nSPS) is 31.9. The van der Waals surface area contributed by atoms with Crippen molar-refractivity contribution in [2.45, 2.75) is 111 Å². The third-order valence-corrected chi connectivity index (χ3v) is 10.1. The summed E-state index contributed by atoms with van der Waals surface area (Å²) in [4.78, 5) is 17.7. The SMILES string of the molecule is O=C(Nc1ccc(S(=O)(=O)Nc2ccccn2)cc1)[C@@H]1O[C@@H]2OC3(CCCCC3)O[C@@H]2[C@H]2OC3(CCCCC3)O[C@H]21. The molecule has 3 aliphatic heterocycles. The fourth-order valence-electron chi connectivity index (χ4n) is 6.72. The Morgan fingerprint density at radius 1 is 0.780 bits per heavy atom. The number of aromatic nitrogens is 1. The van der Waals surface area contributed by atoms with Gasteiger partial charge in [0.15, 0.2) is 24.0 Å². The molecule has 220 valence electrons. The number of carbonyl (C=O) groups excluding carboxylic acids is 1. The Hall–Kier alpha value is -2.61. The van der Waals surface area contributed by atoms with Crippen molar-refractivity contribution in [3.63, 3.8) is 0 Å². The van der Waals surface area contributed by atoms with E-state index in [0.717, 1.165) is 64.2 Å². The second-order valence-electron chi connectivity index (χ2n) is 11.6. The van der Waals surface area contributed by atoms with E-state index in [2.05, 4.69) is 15.0 Å². The molecule has 7 rings (SSSR count). The number of sulfonamides is 1. The lowest BCUT2D eigenvalue weighted by atomic mass is 9.94. The van der Waals surface area contributed by atoms with Crippen LogP contribution in [0.4, 0.5) is 11.5 Å². The van der Waals surface area contributed by atoms with E-state index in [1.165, 1.54) is 30.5 Å². The van der Waals surface area contributed by atoms with Crippen LogP contribution in [0.25, 0.3) is 0 Å². The molecule has 1 aromatic heterocycles. The van der Waals surface area contributed by atoms with E-state index >= 15 is 0 Å². The van der Waals surface area contributed by atoms with Crippen LogP contribution in [-0.4, -0.2) is 61.6 Å². The quantitative estimate of drug-likeness (QED) is 0.533. The van der Waals surface area contributed by atoms with Crippen molar-refractivity contribution in [1.29, 1.82) is 0 Å². The predicted molar refractivity (Wildman–Crippen MR) is 146 cm³/mol. The van der Waals surface area contributed by atoms with E-state index in [-0.39, 0.29) is 10.7 Å². The van der Waals surface area contributed by atoms with Crippen LogP contribution in [0.2, 0.25) is 0 Å². The Balaban J connectivity index is 1.09. The van der Waals surface area contributed by atoms with Crippen LogP contribution in [0.15, 0.2) is 53.6 Å². The largest absolute Gasteiger partial charge is 0.341 e. The summed E-state index contributed by atoms with van der Waals surface area (Å²) in [6, 6.07) is 10.9. The van der Waals surface area contributed by atoms with Gasteiger partial charge in [0, 0.05) is 37.6 Å². The maximum Gasteiger partial charge on any atom is 0.263 e. The summed E-state index contributed by atoms with van der Waals surface area (Å²) in [6.45, 7) is 0. The molecule has 3 saturated heterocycles. The third kappa shape index (κ3) is 5.26. The lowest BCUT2D eigenvalue weighted by molar-refractivity contribution is -0.246. The number of anilines is 2. The molecule has 5 fully saturated rings. The molecule has 0 unspecified atom stereocenters. The Kier molecular flexibility index (Phi) is 7.03. The van der Waals surface area contributed by atoms with E-state index in [0.29, 0.717) is 5.69 Å². The molecule has 41 heavy (non-hydrogen) atoms. The van der Waals surface area contributed by atoms with Crippen molar-refractivity contribution in [2.75, 3.05) is 10.0 Å². The van der Waals surface area contributed by atoms with E-state index in [1.807, 2.05) is 0 Å². The summed E-state index contributed by atoms with van der Waals surface area (Å²) in [7, 11) is -3.85. The first-order chi connectivity index (χ1) is 19.8. The van der Waals surface area contributed by atoms with Gasteiger partial charge < -0.3 is 29.0 Å². The van der Waals surface area contributed by atoms with Gasteiger partial charge in [0.25, 0.3) is 15.9 Å². The molecule has 2 saturated carbocycles. The third-order valence-electron chi connectivity index (χ3n) is 8.70. The fraction of sp³-hybridized carbons (Fsp3) is 0.586. The number of ether oxygens (including phenoxy) is 5. The maximum atomic E-state index is 13.7. The van der Waals surface area contributed by atoms with Crippen molar-refractivity contribution in [1.82, 2.24) is 4.98 Å². The summed E-state index contributed by atoms with van der Waals surface area (Å²) in [6.07, 6.45) is 7.56. The van der Waals surface area contributed by atoms with E-state index < -0.39 is 58.2 Å². The number of carbonyl (C=O) groups is 1. The topological polar surface area (TPSA) is 134 Å². The van der Waals surface area contributed by atoms with Crippen LogP contribution in [0.1, 0.15) is 64.2 Å². The fourth-order valence-corrected chi connectivity index (χ4v) is 7.73. The van der Waals surface area contributed by atoms with Gasteiger partial charge in [-0.3, -0.25) is 9.52 Å². The van der Waals surface area contributed by atoms with Gasteiger partial charge in [0.2, 0.25) is 0 Å². The van der Waals surface area contributed by atoms with Crippen molar-refractivity contribution in [2.24, 2.45) is 0 Å². The number of amides is 1. The van der Waals surface area contributed by atoms with Crippen molar-refractivity contribution < 1.29 is 36.9 Å². The van der Waals surface area contributed by atoms with Gasteiger partial charge in [-0.15, -0.1) is 0 Å². The summed E-state index contributed by atoms with van der Waals surface area (Å²) >= 11 is 0. The minimum absolute atomic E-state index is 0.0408. The number of hydrogen-bond donors (Lipinski definition) is 2. The van der Waals surface area contributed by atoms with E-state index in [1.54, 1.807) is 18.2 Å². The molecule has 12 heteroatoms. The van der Waals surface area contributed by atoms with Crippen LogP contribution < -0.4 is 10.0 Å². The number of nitrogens with zero attached hydrogens (tertiary/aromatic N) is 1. The molecule has 1 aromatic carbocycles. The average Bonchev–Trinajstić information content (AvgIpc) is 3.51. The smallest absolute Gasteiger partial charge is 0.263 e. The molecule has 2 aromatic rings. The van der Waals surface area contributed by atoms with Gasteiger partial charge in [-0.1, -0.05) is 18.9 Å². The Morgan fingerprint density at radius 3 is 2.07 bits per heavy atom. The van der Waals surface area contributed by atoms with Gasteiger partial charge in [-0.25, -0.2) is 13.4 Å². The monoisotopic (exact) mass is 585 g/mol. The molecule has 2 aliphatic carbocycles. The van der Waals surface area contributed by atoms with E-state index in [9.17, 15) is 13.2 Å². The summed E-state index contributed by atoms with van der Waals surface area (Å²) in [5.74, 6) is -1.65. The van der Waals surface area contributed by atoms with Crippen molar-refractivity contribution in [3.8, 4) is 0 Å². The van der Waals surface area contributed by atoms with E-state index in [4.69, 9.17) is 23.7 Å². The molecule has 2 spiro atoms. The van der Waals surface area contributed by atoms with Gasteiger partial charge in [-0.05, 0) is 62.1 Å². The molecule has 2 N–H and O–H groups in total. The molecular formula is C29H35N3O8S. The first kappa shape index (κ1) is 27.2. The molecule has 0 bridgehead atoms. The van der Waals surface area contributed by atoms with Crippen molar-refractivity contribution in [3.05, 3.63) is 48.7 Å². The van der Waals surface area contributed by atoms with Gasteiger partial charge >= 0.3 is 0 Å². The molecular weight excluding hydrogens is 550 g/mol. The van der Waals surface area contributed by atoms with Crippen LogP contribution in [0, 0.1) is 0 Å². The predicted octanol–water partition coefficient (Wildman–Crippen LogP) is 4.07. The van der Waals surface area contributed by atoms with Gasteiger partial charge in [0.05, 0.1) is 4.90 Å². The van der Waals surface area contributed by atoms with Crippen LogP contribution in [-0.2, 0) is 38.5 Å². The molecule has 4 heterocycles.